The Kier molecular flexibility index (Phi) is 5.63. The number of rotatable bonds is 8. The second-order valence-corrected chi connectivity index (χ2v) is 6.47. The number of carboxylic acid groups (broad SMARTS) is 1. The quantitative estimate of drug-likeness (QED) is 0.633. The van der Waals surface area contributed by atoms with E-state index < -0.39 is 5.97 Å². The van der Waals surface area contributed by atoms with Gasteiger partial charge < -0.3 is 15.7 Å². The van der Waals surface area contributed by atoms with Crippen LogP contribution in [0, 0.1) is 17.3 Å². The highest BCUT2D eigenvalue weighted by Gasteiger charge is 2.37. The van der Waals surface area contributed by atoms with Crippen molar-refractivity contribution in [3.63, 3.8) is 0 Å². The van der Waals surface area contributed by atoms with Gasteiger partial charge in [0.15, 0.2) is 0 Å². The molecule has 5 heteroatoms. The summed E-state index contributed by atoms with van der Waals surface area (Å²) in [6.45, 7) is 7.39. The molecule has 110 valence electrons. The number of aliphatic carboxylic acids is 1. The van der Waals surface area contributed by atoms with Crippen LogP contribution in [0.5, 0.6) is 0 Å². The lowest BCUT2D eigenvalue weighted by Gasteiger charge is -2.18. The monoisotopic (exact) mass is 270 g/mol. The van der Waals surface area contributed by atoms with E-state index in [4.69, 9.17) is 5.11 Å². The second kappa shape index (κ2) is 6.78. The van der Waals surface area contributed by atoms with Crippen molar-refractivity contribution < 1.29 is 14.7 Å². The van der Waals surface area contributed by atoms with Crippen molar-refractivity contribution in [2.75, 3.05) is 13.1 Å². The molecule has 1 saturated carbocycles. The third kappa shape index (κ3) is 7.03. The lowest BCUT2D eigenvalue weighted by atomic mass is 9.94. The van der Waals surface area contributed by atoms with E-state index in [0.717, 1.165) is 6.42 Å². The Morgan fingerprint density at radius 1 is 1.26 bits per heavy atom. The molecule has 0 bridgehead atoms. The van der Waals surface area contributed by atoms with Gasteiger partial charge in [0, 0.05) is 19.5 Å². The van der Waals surface area contributed by atoms with E-state index in [9.17, 15) is 9.59 Å². The van der Waals surface area contributed by atoms with Crippen LogP contribution in [0.3, 0.4) is 0 Å². The number of urea groups is 1. The van der Waals surface area contributed by atoms with Crippen molar-refractivity contribution in [1.82, 2.24) is 10.6 Å². The summed E-state index contributed by atoms with van der Waals surface area (Å²) in [5, 5.41) is 14.5. The summed E-state index contributed by atoms with van der Waals surface area (Å²) in [6.07, 6.45) is 3.25. The topological polar surface area (TPSA) is 78.4 Å². The first-order chi connectivity index (χ1) is 8.81. The van der Waals surface area contributed by atoms with E-state index in [1.807, 2.05) is 0 Å². The Hall–Kier alpha value is -1.26. The fourth-order valence-corrected chi connectivity index (χ4v) is 2.14. The van der Waals surface area contributed by atoms with Crippen LogP contribution in [0.15, 0.2) is 0 Å². The second-order valence-electron chi connectivity index (χ2n) is 6.47. The van der Waals surface area contributed by atoms with Gasteiger partial charge in [0.05, 0.1) is 0 Å². The number of carboxylic acids is 1. The maximum absolute atomic E-state index is 11.6. The molecular weight excluding hydrogens is 244 g/mol. The molecule has 0 spiro atoms. The van der Waals surface area contributed by atoms with Crippen molar-refractivity contribution in [2.24, 2.45) is 17.3 Å². The highest BCUT2D eigenvalue weighted by molar-refractivity contribution is 5.74. The largest absolute Gasteiger partial charge is 0.481 e. The molecule has 0 aromatic heterocycles. The maximum Gasteiger partial charge on any atom is 0.314 e. The van der Waals surface area contributed by atoms with Crippen LogP contribution in [0.4, 0.5) is 4.79 Å². The smallest absolute Gasteiger partial charge is 0.314 e. The molecular formula is C14H26N2O3. The number of carbonyl (C=O) groups is 2. The van der Waals surface area contributed by atoms with Gasteiger partial charge in [-0.15, -0.1) is 0 Å². The van der Waals surface area contributed by atoms with Crippen LogP contribution in [0.2, 0.25) is 0 Å². The Bertz CT molecular complexity index is 325. The standard InChI is InChI=1S/C14H26N2O3/c1-10(2)6-11(7-12(17)18)8-15-13(19)16-9-14(3)4-5-14/h10-11H,4-9H2,1-3H3,(H,17,18)(H2,15,16,19). The first kappa shape index (κ1) is 15.8. The van der Waals surface area contributed by atoms with Crippen molar-refractivity contribution in [2.45, 2.75) is 46.5 Å². The summed E-state index contributed by atoms with van der Waals surface area (Å²) in [5.74, 6) is -0.377. The number of amides is 2. The van der Waals surface area contributed by atoms with Crippen molar-refractivity contribution >= 4 is 12.0 Å². The average molecular weight is 270 g/mol. The molecule has 1 atom stereocenters. The van der Waals surface area contributed by atoms with E-state index in [0.29, 0.717) is 19.0 Å². The normalized spacial score (nSPS) is 17.9. The van der Waals surface area contributed by atoms with E-state index in [1.54, 1.807) is 0 Å². The van der Waals surface area contributed by atoms with Gasteiger partial charge in [0.1, 0.15) is 0 Å². The predicted octanol–water partition coefficient (Wildman–Crippen LogP) is 2.22. The van der Waals surface area contributed by atoms with Crippen LogP contribution < -0.4 is 10.6 Å². The Morgan fingerprint density at radius 3 is 2.37 bits per heavy atom. The molecule has 0 aromatic rings. The van der Waals surface area contributed by atoms with Crippen LogP contribution in [-0.4, -0.2) is 30.2 Å². The van der Waals surface area contributed by atoms with Crippen LogP contribution in [-0.2, 0) is 4.79 Å². The zero-order valence-electron chi connectivity index (χ0n) is 12.2. The Morgan fingerprint density at radius 2 is 1.89 bits per heavy atom. The molecule has 2 amide bonds. The summed E-state index contributed by atoms with van der Waals surface area (Å²) in [5.41, 5.74) is 0.287. The van der Waals surface area contributed by atoms with E-state index in [2.05, 4.69) is 31.4 Å². The molecule has 0 radical (unpaired) electrons. The van der Waals surface area contributed by atoms with Gasteiger partial charge in [-0.05, 0) is 36.5 Å². The molecule has 0 aliphatic heterocycles. The van der Waals surface area contributed by atoms with Crippen molar-refractivity contribution in [1.29, 1.82) is 0 Å². The Labute approximate surface area is 115 Å². The van der Waals surface area contributed by atoms with Gasteiger partial charge >= 0.3 is 12.0 Å². The zero-order valence-corrected chi connectivity index (χ0v) is 12.2. The lowest BCUT2D eigenvalue weighted by molar-refractivity contribution is -0.138. The third-order valence-corrected chi connectivity index (χ3v) is 3.60. The fraction of sp³-hybridized carbons (Fsp3) is 0.857. The van der Waals surface area contributed by atoms with E-state index in [-0.39, 0.29) is 23.8 Å². The van der Waals surface area contributed by atoms with Crippen molar-refractivity contribution in [3.8, 4) is 0 Å². The fourth-order valence-electron chi connectivity index (χ4n) is 2.14. The molecule has 1 rings (SSSR count). The molecule has 1 unspecified atom stereocenters. The molecule has 3 N–H and O–H groups in total. The number of carbonyl (C=O) groups excluding carboxylic acids is 1. The van der Waals surface area contributed by atoms with E-state index >= 15 is 0 Å². The molecule has 1 aliphatic carbocycles. The zero-order chi connectivity index (χ0) is 14.5. The minimum atomic E-state index is -0.807. The van der Waals surface area contributed by atoms with Gasteiger partial charge in [-0.2, -0.15) is 0 Å². The lowest BCUT2D eigenvalue weighted by Crippen LogP contribution is -2.40. The first-order valence-electron chi connectivity index (χ1n) is 7.04. The third-order valence-electron chi connectivity index (χ3n) is 3.60. The van der Waals surface area contributed by atoms with Gasteiger partial charge in [-0.3, -0.25) is 4.79 Å². The molecule has 0 aromatic carbocycles. The van der Waals surface area contributed by atoms with Gasteiger partial charge in [-0.25, -0.2) is 4.79 Å². The summed E-state index contributed by atoms with van der Waals surface area (Å²) in [7, 11) is 0. The molecule has 0 heterocycles. The molecule has 1 aliphatic rings. The summed E-state index contributed by atoms with van der Waals surface area (Å²) in [6, 6.07) is -0.188. The average Bonchev–Trinajstić information content (AvgIpc) is 3.01. The van der Waals surface area contributed by atoms with Crippen LogP contribution in [0.25, 0.3) is 0 Å². The Balaban J connectivity index is 2.24. The maximum atomic E-state index is 11.6. The SMILES string of the molecule is CC(C)CC(CNC(=O)NCC1(C)CC1)CC(=O)O. The van der Waals surface area contributed by atoms with Crippen LogP contribution >= 0.6 is 0 Å². The van der Waals surface area contributed by atoms with E-state index in [1.165, 1.54) is 12.8 Å². The molecule has 0 saturated heterocycles. The number of hydrogen-bond donors (Lipinski definition) is 3. The minimum Gasteiger partial charge on any atom is -0.481 e. The summed E-state index contributed by atoms with van der Waals surface area (Å²) in [4.78, 5) is 22.4. The van der Waals surface area contributed by atoms with Gasteiger partial charge in [0.25, 0.3) is 0 Å². The highest BCUT2D eigenvalue weighted by atomic mass is 16.4. The molecule has 5 nitrogen and oxygen atoms in total. The number of hydrogen-bond acceptors (Lipinski definition) is 2. The van der Waals surface area contributed by atoms with Gasteiger partial charge in [-0.1, -0.05) is 20.8 Å². The van der Waals surface area contributed by atoms with Crippen LogP contribution in [0.1, 0.15) is 46.5 Å². The predicted molar refractivity (Wildman–Crippen MR) is 73.9 cm³/mol. The molecule has 19 heavy (non-hydrogen) atoms. The van der Waals surface area contributed by atoms with Gasteiger partial charge in [0.2, 0.25) is 0 Å². The highest BCUT2D eigenvalue weighted by Crippen LogP contribution is 2.43. The molecule has 1 fully saturated rings. The summed E-state index contributed by atoms with van der Waals surface area (Å²) >= 11 is 0. The van der Waals surface area contributed by atoms with Crippen molar-refractivity contribution in [3.05, 3.63) is 0 Å². The summed E-state index contributed by atoms with van der Waals surface area (Å²) < 4.78 is 0. The minimum absolute atomic E-state index is 0.000221. The number of nitrogens with one attached hydrogen (secondary N) is 2. The first-order valence-corrected chi connectivity index (χ1v) is 7.04.